The van der Waals surface area contributed by atoms with Crippen LogP contribution in [0.4, 0.5) is 0 Å². The van der Waals surface area contributed by atoms with E-state index < -0.39 is 0 Å². The predicted molar refractivity (Wildman–Crippen MR) is 147 cm³/mol. The number of hydrogen-bond donors (Lipinski definition) is 0. The molecule has 0 spiro atoms. The summed E-state index contributed by atoms with van der Waals surface area (Å²) in [5.41, 5.74) is 5.40. The largest absolute Gasteiger partial charge is 0.493 e. The highest BCUT2D eigenvalue weighted by Gasteiger charge is 2.30. The summed E-state index contributed by atoms with van der Waals surface area (Å²) >= 11 is 1.96. The van der Waals surface area contributed by atoms with E-state index in [4.69, 9.17) is 14.2 Å². The average molecular weight is 503 g/mol. The summed E-state index contributed by atoms with van der Waals surface area (Å²) < 4.78 is 16.4. The van der Waals surface area contributed by atoms with Crippen molar-refractivity contribution in [3.63, 3.8) is 0 Å². The number of hydrogen-bond acceptors (Lipinski definition) is 6. The second-order valence-electron chi connectivity index (χ2n) is 9.13. The van der Waals surface area contributed by atoms with Crippen LogP contribution in [0, 0.1) is 0 Å². The molecule has 2 aliphatic rings. The Morgan fingerprint density at radius 3 is 2.19 bits per heavy atom. The fraction of sp³-hybridized carbons (Fsp3) is 0.333. The molecular formula is C30H34N2O3S. The molecule has 1 fully saturated rings. The monoisotopic (exact) mass is 502 g/mol. The van der Waals surface area contributed by atoms with Crippen LogP contribution in [0.3, 0.4) is 0 Å². The van der Waals surface area contributed by atoms with Gasteiger partial charge >= 0.3 is 0 Å². The van der Waals surface area contributed by atoms with E-state index in [1.165, 1.54) is 21.6 Å². The van der Waals surface area contributed by atoms with Gasteiger partial charge in [-0.25, -0.2) is 0 Å². The molecule has 0 amide bonds. The lowest BCUT2D eigenvalue weighted by atomic mass is 9.93. The van der Waals surface area contributed by atoms with Crippen LogP contribution in [0.25, 0.3) is 6.08 Å². The summed E-state index contributed by atoms with van der Waals surface area (Å²) in [5.74, 6) is 3.00. The standard InChI is InChI=1S/C30H34N2O3S/c1-33-26-19-22(20-27(34-2)30(26)35-3)9-8-14-31-15-17-32(18-16-31)29-24-11-5-4-10-23(24)21-36-28-13-7-6-12-25(28)29/h4-13,19-20,29H,14-18,21H2,1-3H3. The van der Waals surface area contributed by atoms with Gasteiger partial charge < -0.3 is 14.2 Å². The van der Waals surface area contributed by atoms with Crippen molar-refractivity contribution in [2.75, 3.05) is 54.1 Å². The maximum atomic E-state index is 5.49. The molecule has 3 aromatic rings. The number of thioether (sulfide) groups is 1. The number of methoxy groups -OCH3 is 3. The van der Waals surface area contributed by atoms with Crippen molar-refractivity contribution in [1.29, 1.82) is 0 Å². The highest BCUT2D eigenvalue weighted by Crippen LogP contribution is 2.42. The topological polar surface area (TPSA) is 34.2 Å². The smallest absolute Gasteiger partial charge is 0.203 e. The lowest BCUT2D eigenvalue weighted by molar-refractivity contribution is 0.117. The maximum absolute atomic E-state index is 5.49. The van der Waals surface area contributed by atoms with Crippen LogP contribution in [-0.2, 0) is 5.75 Å². The highest BCUT2D eigenvalue weighted by molar-refractivity contribution is 7.98. The van der Waals surface area contributed by atoms with Gasteiger partial charge in [-0.05, 0) is 40.5 Å². The van der Waals surface area contributed by atoms with Crippen molar-refractivity contribution >= 4 is 17.8 Å². The fourth-order valence-electron chi connectivity index (χ4n) is 5.23. The number of piperazine rings is 1. The second kappa shape index (κ2) is 11.4. The van der Waals surface area contributed by atoms with Gasteiger partial charge in [-0.15, -0.1) is 11.8 Å². The lowest BCUT2D eigenvalue weighted by Crippen LogP contribution is -2.47. The van der Waals surface area contributed by atoms with E-state index in [9.17, 15) is 0 Å². The van der Waals surface area contributed by atoms with Crippen molar-refractivity contribution in [2.45, 2.75) is 16.7 Å². The Balaban J connectivity index is 1.27. The fourth-order valence-corrected chi connectivity index (χ4v) is 6.32. The Hall–Kier alpha value is -2.93. The van der Waals surface area contributed by atoms with Crippen LogP contribution >= 0.6 is 11.8 Å². The Morgan fingerprint density at radius 2 is 1.50 bits per heavy atom. The van der Waals surface area contributed by atoms with Gasteiger partial charge in [-0.3, -0.25) is 9.80 Å². The molecule has 0 saturated carbocycles. The first-order chi connectivity index (χ1) is 17.7. The van der Waals surface area contributed by atoms with Crippen LogP contribution in [0.15, 0.2) is 71.6 Å². The van der Waals surface area contributed by atoms with Crippen molar-refractivity contribution in [1.82, 2.24) is 9.80 Å². The molecule has 188 valence electrons. The summed E-state index contributed by atoms with van der Waals surface area (Å²) in [6.45, 7) is 5.12. The van der Waals surface area contributed by atoms with Gasteiger partial charge in [-0.1, -0.05) is 54.6 Å². The Bertz CT molecular complexity index is 1150. The summed E-state index contributed by atoms with van der Waals surface area (Å²) in [6, 6.07) is 22.2. The van der Waals surface area contributed by atoms with Crippen molar-refractivity contribution in [2.24, 2.45) is 0 Å². The van der Waals surface area contributed by atoms with Gasteiger partial charge in [0.05, 0.1) is 27.4 Å². The first-order valence-corrected chi connectivity index (χ1v) is 13.4. The van der Waals surface area contributed by atoms with Crippen LogP contribution in [0.5, 0.6) is 17.2 Å². The van der Waals surface area contributed by atoms with Gasteiger partial charge in [0, 0.05) is 43.4 Å². The third-order valence-corrected chi connectivity index (χ3v) is 8.22. The normalized spacial score (nSPS) is 18.4. The van der Waals surface area contributed by atoms with Gasteiger partial charge in [0.1, 0.15) is 0 Å². The molecule has 0 N–H and O–H groups in total. The summed E-state index contributed by atoms with van der Waals surface area (Å²) in [4.78, 5) is 6.60. The molecule has 5 nitrogen and oxygen atoms in total. The summed E-state index contributed by atoms with van der Waals surface area (Å²) in [5, 5.41) is 0. The van der Waals surface area contributed by atoms with E-state index in [-0.39, 0.29) is 0 Å². The van der Waals surface area contributed by atoms with Crippen molar-refractivity contribution in [3.05, 3.63) is 89.0 Å². The highest BCUT2D eigenvalue weighted by atomic mass is 32.2. The molecule has 1 unspecified atom stereocenters. The minimum Gasteiger partial charge on any atom is -0.493 e. The molecule has 36 heavy (non-hydrogen) atoms. The maximum Gasteiger partial charge on any atom is 0.203 e. The molecule has 5 rings (SSSR count). The van der Waals surface area contributed by atoms with Crippen molar-refractivity contribution in [3.8, 4) is 17.2 Å². The predicted octanol–water partition coefficient (Wildman–Crippen LogP) is 5.74. The van der Waals surface area contributed by atoms with E-state index in [1.54, 1.807) is 21.3 Å². The quantitative estimate of drug-likeness (QED) is 0.410. The molecule has 6 heteroatoms. The molecular weight excluding hydrogens is 468 g/mol. The molecule has 1 atom stereocenters. The van der Waals surface area contributed by atoms with Crippen LogP contribution < -0.4 is 14.2 Å². The van der Waals surface area contributed by atoms with E-state index in [1.807, 2.05) is 23.9 Å². The minimum absolute atomic E-state index is 0.323. The number of ether oxygens (including phenoxy) is 3. The molecule has 2 heterocycles. The zero-order valence-electron chi connectivity index (χ0n) is 21.3. The molecule has 3 aromatic carbocycles. The van der Waals surface area contributed by atoms with Gasteiger partial charge in [-0.2, -0.15) is 0 Å². The third kappa shape index (κ3) is 5.12. The minimum atomic E-state index is 0.323. The zero-order chi connectivity index (χ0) is 24.9. The lowest BCUT2D eigenvalue weighted by Gasteiger charge is -2.40. The van der Waals surface area contributed by atoms with Gasteiger partial charge in [0.25, 0.3) is 0 Å². The first kappa shape index (κ1) is 24.8. The molecule has 0 bridgehead atoms. The Kier molecular flexibility index (Phi) is 7.85. The first-order valence-electron chi connectivity index (χ1n) is 12.4. The van der Waals surface area contributed by atoms with E-state index in [0.29, 0.717) is 23.3 Å². The molecule has 0 aliphatic carbocycles. The SMILES string of the molecule is COc1cc(C=CCN2CCN(C3c4ccccc4CSc4ccccc43)CC2)cc(OC)c1OC. The summed E-state index contributed by atoms with van der Waals surface area (Å²) in [6.07, 6.45) is 4.36. The average Bonchev–Trinajstić information content (AvgIpc) is 3.10. The second-order valence-corrected chi connectivity index (χ2v) is 10.1. The van der Waals surface area contributed by atoms with Crippen LogP contribution in [0.2, 0.25) is 0 Å². The van der Waals surface area contributed by atoms with Crippen molar-refractivity contribution < 1.29 is 14.2 Å². The zero-order valence-corrected chi connectivity index (χ0v) is 22.1. The Labute approximate surface area is 218 Å². The van der Waals surface area contributed by atoms with Gasteiger partial charge in [0.2, 0.25) is 5.75 Å². The third-order valence-electron chi connectivity index (χ3n) is 7.08. The molecule has 0 aromatic heterocycles. The molecule has 0 radical (unpaired) electrons. The number of benzene rings is 3. The van der Waals surface area contributed by atoms with Crippen LogP contribution in [0.1, 0.15) is 28.3 Å². The number of fused-ring (bicyclic) bond motifs is 2. The number of nitrogens with zero attached hydrogens (tertiary/aromatic N) is 2. The van der Waals surface area contributed by atoms with Gasteiger partial charge in [0.15, 0.2) is 11.5 Å². The molecule has 2 aliphatic heterocycles. The van der Waals surface area contributed by atoms with Crippen LogP contribution in [-0.4, -0.2) is 63.9 Å². The Morgan fingerprint density at radius 1 is 0.833 bits per heavy atom. The summed E-state index contributed by atoms with van der Waals surface area (Å²) in [7, 11) is 4.92. The number of rotatable bonds is 7. The van der Waals surface area contributed by atoms with E-state index in [0.717, 1.165) is 44.0 Å². The van der Waals surface area contributed by atoms with E-state index in [2.05, 4.69) is 70.5 Å². The van der Waals surface area contributed by atoms with E-state index >= 15 is 0 Å². The molecule has 1 saturated heterocycles.